The van der Waals surface area contributed by atoms with Crippen LogP contribution < -0.4 is 0 Å². The summed E-state index contributed by atoms with van der Waals surface area (Å²) in [7, 11) is -3.70. The molecule has 0 spiro atoms. The molecule has 1 aromatic rings. The molecule has 21 heavy (non-hydrogen) atoms. The maximum absolute atomic E-state index is 12.5. The number of rotatable bonds is 4. The number of benzene rings is 1. The molecular formula is C12H13ClN2O4S2. The molecule has 1 saturated heterocycles. The zero-order valence-corrected chi connectivity index (χ0v) is 13.3. The fourth-order valence-corrected chi connectivity index (χ4v) is 5.15. The van der Waals surface area contributed by atoms with E-state index in [2.05, 4.69) is 0 Å². The van der Waals surface area contributed by atoms with Crippen molar-refractivity contribution in [2.45, 2.75) is 12.2 Å². The van der Waals surface area contributed by atoms with Crippen molar-refractivity contribution in [3.05, 3.63) is 56.2 Å². The molecule has 1 aliphatic heterocycles. The maximum atomic E-state index is 12.5. The Morgan fingerprint density at radius 1 is 1.38 bits per heavy atom. The normalized spacial score (nSPS) is 18.4. The zero-order chi connectivity index (χ0) is 15.5. The summed E-state index contributed by atoms with van der Waals surface area (Å²) in [6, 6.07) is 8.69. The molecular weight excluding hydrogens is 336 g/mol. The van der Waals surface area contributed by atoms with Gasteiger partial charge >= 0.3 is 5.16 Å². The number of hydrogen-bond donors (Lipinski definition) is 0. The Labute approximate surface area is 132 Å². The summed E-state index contributed by atoms with van der Waals surface area (Å²) < 4.78 is 26.0. The first-order chi connectivity index (χ1) is 9.92. The van der Waals surface area contributed by atoms with E-state index in [0.717, 1.165) is 16.1 Å². The molecule has 114 valence electrons. The SMILES string of the molecule is O=[N+]([O-])C(Cl)=C1SCCCN1S(=O)(=O)Cc1ccccc1. The first kappa shape index (κ1) is 16.1. The van der Waals surface area contributed by atoms with Gasteiger partial charge in [-0.1, -0.05) is 42.1 Å². The van der Waals surface area contributed by atoms with Gasteiger partial charge in [-0.3, -0.25) is 14.4 Å². The Kier molecular flexibility index (Phi) is 5.13. The van der Waals surface area contributed by atoms with Gasteiger partial charge in [0.15, 0.2) is 5.03 Å². The van der Waals surface area contributed by atoms with Crippen LogP contribution in [0.25, 0.3) is 0 Å². The molecule has 0 N–H and O–H groups in total. The summed E-state index contributed by atoms with van der Waals surface area (Å²) in [5, 5.41) is 10.2. The first-order valence-corrected chi connectivity index (χ1v) is 9.10. The Morgan fingerprint density at radius 3 is 2.67 bits per heavy atom. The third-order valence-electron chi connectivity index (χ3n) is 2.84. The Hall–Kier alpha value is -1.25. The minimum absolute atomic E-state index is 0.00356. The Balaban J connectivity index is 2.33. The van der Waals surface area contributed by atoms with E-state index in [1.165, 1.54) is 0 Å². The highest BCUT2D eigenvalue weighted by atomic mass is 35.5. The molecule has 1 aromatic carbocycles. The van der Waals surface area contributed by atoms with Crippen molar-refractivity contribution in [1.29, 1.82) is 0 Å². The van der Waals surface area contributed by atoms with Gasteiger partial charge in [0.25, 0.3) is 0 Å². The van der Waals surface area contributed by atoms with E-state index in [0.29, 0.717) is 17.7 Å². The number of sulfonamides is 1. The van der Waals surface area contributed by atoms with E-state index < -0.39 is 20.1 Å². The minimum atomic E-state index is -3.70. The fourth-order valence-electron chi connectivity index (χ4n) is 1.92. The average molecular weight is 349 g/mol. The molecule has 0 aliphatic carbocycles. The third kappa shape index (κ3) is 3.90. The van der Waals surface area contributed by atoms with Crippen LogP contribution in [-0.4, -0.2) is 29.9 Å². The summed E-state index contributed by atoms with van der Waals surface area (Å²) in [5.41, 5.74) is 0.629. The van der Waals surface area contributed by atoms with E-state index in [1.54, 1.807) is 30.3 Å². The van der Waals surface area contributed by atoms with Gasteiger partial charge < -0.3 is 0 Å². The molecule has 1 aliphatic rings. The van der Waals surface area contributed by atoms with Crippen LogP contribution in [0.2, 0.25) is 0 Å². The van der Waals surface area contributed by atoms with Crippen molar-refractivity contribution in [2.24, 2.45) is 0 Å². The number of thioether (sulfide) groups is 1. The average Bonchev–Trinajstić information content (AvgIpc) is 2.47. The highest BCUT2D eigenvalue weighted by Gasteiger charge is 2.33. The van der Waals surface area contributed by atoms with E-state index in [-0.39, 0.29) is 17.3 Å². The molecule has 1 heterocycles. The van der Waals surface area contributed by atoms with Gasteiger partial charge in [-0.25, -0.2) is 8.42 Å². The van der Waals surface area contributed by atoms with Gasteiger partial charge in [0.1, 0.15) is 0 Å². The lowest BCUT2D eigenvalue weighted by Crippen LogP contribution is -2.35. The maximum Gasteiger partial charge on any atom is 0.368 e. The predicted octanol–water partition coefficient (Wildman–Crippen LogP) is 2.60. The van der Waals surface area contributed by atoms with Crippen LogP contribution in [0.4, 0.5) is 0 Å². The van der Waals surface area contributed by atoms with Gasteiger partial charge in [-0.15, -0.1) is 0 Å². The van der Waals surface area contributed by atoms with Crippen molar-refractivity contribution < 1.29 is 13.3 Å². The van der Waals surface area contributed by atoms with Crippen molar-refractivity contribution in [2.75, 3.05) is 12.3 Å². The second kappa shape index (κ2) is 6.67. The zero-order valence-electron chi connectivity index (χ0n) is 10.9. The number of nitrogens with zero attached hydrogens (tertiary/aromatic N) is 2. The topological polar surface area (TPSA) is 80.5 Å². The predicted molar refractivity (Wildman–Crippen MR) is 82.7 cm³/mol. The van der Waals surface area contributed by atoms with E-state index in [4.69, 9.17) is 11.6 Å². The third-order valence-corrected chi connectivity index (χ3v) is 6.29. The van der Waals surface area contributed by atoms with Crippen LogP contribution in [0, 0.1) is 10.1 Å². The molecule has 0 unspecified atom stereocenters. The lowest BCUT2D eigenvalue weighted by Gasteiger charge is -2.28. The molecule has 1 fully saturated rings. The van der Waals surface area contributed by atoms with Crippen LogP contribution in [0.1, 0.15) is 12.0 Å². The van der Waals surface area contributed by atoms with Crippen LogP contribution in [-0.2, 0) is 15.8 Å². The van der Waals surface area contributed by atoms with Crippen molar-refractivity contribution in [1.82, 2.24) is 4.31 Å². The number of halogens is 1. The minimum Gasteiger partial charge on any atom is -0.257 e. The molecule has 2 rings (SSSR count). The Morgan fingerprint density at radius 2 is 2.05 bits per heavy atom. The second-order valence-electron chi connectivity index (χ2n) is 4.37. The van der Waals surface area contributed by atoms with Gasteiger partial charge in [-0.05, 0) is 23.6 Å². The second-order valence-corrected chi connectivity index (χ2v) is 7.70. The quantitative estimate of drug-likeness (QED) is 0.474. The molecule has 0 radical (unpaired) electrons. The smallest absolute Gasteiger partial charge is 0.257 e. The van der Waals surface area contributed by atoms with E-state index >= 15 is 0 Å². The standard InChI is InChI=1S/C12H13ClN2O4S2/c13-11(15(16)17)12-14(7-4-8-20-12)21(18,19)9-10-5-2-1-3-6-10/h1-3,5-6H,4,7-9H2. The van der Waals surface area contributed by atoms with Crippen molar-refractivity contribution >= 4 is 33.4 Å². The van der Waals surface area contributed by atoms with Crippen molar-refractivity contribution in [3.8, 4) is 0 Å². The van der Waals surface area contributed by atoms with E-state index in [1.807, 2.05) is 0 Å². The van der Waals surface area contributed by atoms with Gasteiger partial charge in [0.05, 0.1) is 10.7 Å². The van der Waals surface area contributed by atoms with Crippen LogP contribution in [0.5, 0.6) is 0 Å². The fraction of sp³-hybridized carbons (Fsp3) is 0.333. The largest absolute Gasteiger partial charge is 0.368 e. The monoisotopic (exact) mass is 348 g/mol. The van der Waals surface area contributed by atoms with Crippen LogP contribution in [0.15, 0.2) is 40.5 Å². The summed E-state index contributed by atoms with van der Waals surface area (Å²) in [6.45, 7) is 0.210. The molecule has 0 atom stereocenters. The van der Waals surface area contributed by atoms with E-state index in [9.17, 15) is 18.5 Å². The molecule has 0 amide bonds. The summed E-state index contributed by atoms with van der Waals surface area (Å²) in [5.74, 6) is 0.399. The van der Waals surface area contributed by atoms with Gasteiger partial charge in [0, 0.05) is 12.3 Å². The molecule has 0 saturated carbocycles. The summed E-state index contributed by atoms with van der Waals surface area (Å²) >= 11 is 6.75. The molecule has 0 aromatic heterocycles. The molecule has 6 nitrogen and oxygen atoms in total. The molecule has 9 heteroatoms. The van der Waals surface area contributed by atoms with Gasteiger partial charge in [0.2, 0.25) is 10.0 Å². The van der Waals surface area contributed by atoms with Gasteiger partial charge in [-0.2, -0.15) is 0 Å². The highest BCUT2D eigenvalue weighted by molar-refractivity contribution is 8.04. The first-order valence-electron chi connectivity index (χ1n) is 6.13. The molecule has 0 bridgehead atoms. The summed E-state index contributed by atoms with van der Waals surface area (Å²) in [6.07, 6.45) is 0.629. The lowest BCUT2D eigenvalue weighted by atomic mass is 10.2. The van der Waals surface area contributed by atoms with Crippen LogP contribution >= 0.6 is 23.4 Å². The van der Waals surface area contributed by atoms with Crippen molar-refractivity contribution in [3.63, 3.8) is 0 Å². The highest BCUT2D eigenvalue weighted by Crippen LogP contribution is 2.34. The number of hydrogen-bond acceptors (Lipinski definition) is 5. The number of nitro groups is 1. The van der Waals surface area contributed by atoms with Crippen LogP contribution in [0.3, 0.4) is 0 Å². The lowest BCUT2D eigenvalue weighted by molar-refractivity contribution is -0.413. The summed E-state index contributed by atoms with van der Waals surface area (Å²) in [4.78, 5) is 10.0. The Bertz CT molecular complexity index is 661.